The van der Waals surface area contributed by atoms with Crippen molar-refractivity contribution in [3.63, 3.8) is 0 Å². The van der Waals surface area contributed by atoms with Gasteiger partial charge >= 0.3 is 5.97 Å². The van der Waals surface area contributed by atoms with Crippen molar-refractivity contribution in [1.82, 2.24) is 9.47 Å². The highest BCUT2D eigenvalue weighted by atomic mass is 79.9. The number of aromatic nitrogens is 1. The Kier molecular flexibility index (Phi) is 4.54. The molecule has 1 aromatic rings. The minimum absolute atomic E-state index is 0.160. The largest absolute Gasteiger partial charge is 0.480 e. The van der Waals surface area contributed by atoms with E-state index in [2.05, 4.69) is 15.9 Å². The molecule has 0 saturated carbocycles. The molecule has 0 radical (unpaired) electrons. The molecular formula is C12H13BrN2O4S. The van der Waals surface area contributed by atoms with Crippen molar-refractivity contribution >= 4 is 39.6 Å². The fourth-order valence-corrected chi connectivity index (χ4v) is 3.63. The molecule has 2 atom stereocenters. The molecule has 1 aliphatic heterocycles. The van der Waals surface area contributed by atoms with Gasteiger partial charge < -0.3 is 14.6 Å². The Bertz CT molecular complexity index is 603. The first-order valence-electron chi connectivity index (χ1n) is 5.91. The van der Waals surface area contributed by atoms with Gasteiger partial charge in [0.15, 0.2) is 0 Å². The average molecular weight is 361 g/mol. The van der Waals surface area contributed by atoms with Gasteiger partial charge in [-0.25, -0.2) is 4.79 Å². The molecule has 8 heteroatoms. The Balaban J connectivity index is 2.21. The predicted molar refractivity (Wildman–Crippen MR) is 78.6 cm³/mol. The number of carboxylic acids is 1. The zero-order valence-corrected chi connectivity index (χ0v) is 13.1. The third-order valence-corrected chi connectivity index (χ3v) is 4.74. The Morgan fingerprint density at radius 1 is 1.50 bits per heavy atom. The van der Waals surface area contributed by atoms with Crippen molar-refractivity contribution < 1.29 is 14.7 Å². The van der Waals surface area contributed by atoms with Gasteiger partial charge in [0.05, 0.1) is 5.37 Å². The number of thioether (sulfide) groups is 1. The van der Waals surface area contributed by atoms with E-state index in [9.17, 15) is 14.4 Å². The van der Waals surface area contributed by atoms with Crippen LogP contribution in [-0.2, 0) is 16.1 Å². The van der Waals surface area contributed by atoms with E-state index in [1.165, 1.54) is 33.5 Å². The Morgan fingerprint density at radius 2 is 2.20 bits per heavy atom. The third-order valence-electron chi connectivity index (χ3n) is 3.05. The van der Waals surface area contributed by atoms with E-state index in [0.717, 1.165) is 0 Å². The molecule has 0 aliphatic carbocycles. The molecule has 1 amide bonds. The van der Waals surface area contributed by atoms with Gasteiger partial charge in [0, 0.05) is 22.5 Å². The molecule has 2 heterocycles. The highest BCUT2D eigenvalue weighted by Crippen LogP contribution is 2.29. The van der Waals surface area contributed by atoms with Crippen LogP contribution < -0.4 is 5.56 Å². The molecule has 20 heavy (non-hydrogen) atoms. The first kappa shape index (κ1) is 15.1. The van der Waals surface area contributed by atoms with E-state index in [1.807, 2.05) is 0 Å². The SMILES string of the molecule is CC1SCC(C(=O)O)N1C(=O)Cn1cc(Br)ccc1=O. The summed E-state index contributed by atoms with van der Waals surface area (Å²) < 4.78 is 1.95. The second-order valence-corrected chi connectivity index (χ2v) is 6.67. The van der Waals surface area contributed by atoms with E-state index in [0.29, 0.717) is 10.2 Å². The minimum Gasteiger partial charge on any atom is -0.480 e. The maximum Gasteiger partial charge on any atom is 0.327 e. The summed E-state index contributed by atoms with van der Waals surface area (Å²) in [5.41, 5.74) is -0.298. The minimum atomic E-state index is -1.02. The molecular weight excluding hydrogens is 348 g/mol. The maximum absolute atomic E-state index is 12.3. The molecule has 1 saturated heterocycles. The number of nitrogens with zero attached hydrogens (tertiary/aromatic N) is 2. The number of hydrogen-bond donors (Lipinski definition) is 1. The second-order valence-electron chi connectivity index (χ2n) is 4.40. The van der Waals surface area contributed by atoms with Crippen LogP contribution in [0.2, 0.25) is 0 Å². The molecule has 1 aliphatic rings. The summed E-state index contributed by atoms with van der Waals surface area (Å²) >= 11 is 4.65. The summed E-state index contributed by atoms with van der Waals surface area (Å²) in [4.78, 5) is 36.4. The first-order chi connectivity index (χ1) is 9.40. The number of pyridine rings is 1. The van der Waals surface area contributed by atoms with Crippen LogP contribution in [0.3, 0.4) is 0 Å². The molecule has 2 unspecified atom stereocenters. The molecule has 0 aromatic carbocycles. The molecule has 108 valence electrons. The van der Waals surface area contributed by atoms with Gasteiger partial charge in [0.2, 0.25) is 5.91 Å². The lowest BCUT2D eigenvalue weighted by atomic mass is 10.2. The predicted octanol–water partition coefficient (Wildman–Crippen LogP) is 0.985. The lowest BCUT2D eigenvalue weighted by Gasteiger charge is -2.25. The van der Waals surface area contributed by atoms with Crippen LogP contribution in [0.4, 0.5) is 0 Å². The van der Waals surface area contributed by atoms with Crippen molar-refractivity contribution in [2.75, 3.05) is 5.75 Å². The molecule has 2 rings (SSSR count). The number of carboxylic acid groups (broad SMARTS) is 1. The van der Waals surface area contributed by atoms with Crippen LogP contribution in [0.5, 0.6) is 0 Å². The van der Waals surface area contributed by atoms with Gasteiger partial charge in [0.25, 0.3) is 5.56 Å². The first-order valence-corrected chi connectivity index (χ1v) is 7.76. The van der Waals surface area contributed by atoms with Gasteiger partial charge in [-0.15, -0.1) is 11.8 Å². The van der Waals surface area contributed by atoms with Crippen LogP contribution >= 0.6 is 27.7 Å². The summed E-state index contributed by atoms with van der Waals surface area (Å²) in [6.07, 6.45) is 1.52. The zero-order chi connectivity index (χ0) is 14.9. The van der Waals surface area contributed by atoms with Crippen molar-refractivity contribution in [3.05, 3.63) is 33.2 Å². The summed E-state index contributed by atoms with van der Waals surface area (Å²) in [5.74, 6) is -1.01. The molecule has 1 fully saturated rings. The molecule has 1 aromatic heterocycles. The van der Waals surface area contributed by atoms with Gasteiger partial charge in [-0.2, -0.15) is 0 Å². The fraction of sp³-hybridized carbons (Fsp3) is 0.417. The number of aliphatic carboxylic acids is 1. The third kappa shape index (κ3) is 3.06. The normalized spacial score (nSPS) is 22.0. The fourth-order valence-electron chi connectivity index (χ4n) is 2.06. The maximum atomic E-state index is 12.3. The van der Waals surface area contributed by atoms with Gasteiger partial charge in [-0.05, 0) is 28.9 Å². The number of rotatable bonds is 3. The number of carbonyl (C=O) groups is 2. The van der Waals surface area contributed by atoms with E-state index in [1.54, 1.807) is 13.0 Å². The van der Waals surface area contributed by atoms with Gasteiger partial charge in [-0.1, -0.05) is 0 Å². The van der Waals surface area contributed by atoms with Crippen molar-refractivity contribution in [1.29, 1.82) is 0 Å². The Morgan fingerprint density at radius 3 is 2.85 bits per heavy atom. The standard InChI is InChI=1S/C12H13BrN2O4S/c1-7-15(9(6-20-7)12(18)19)11(17)5-14-4-8(13)2-3-10(14)16/h2-4,7,9H,5-6H2,1H3,(H,18,19). The highest BCUT2D eigenvalue weighted by molar-refractivity contribution is 9.10. The van der Waals surface area contributed by atoms with E-state index < -0.39 is 12.0 Å². The lowest BCUT2D eigenvalue weighted by molar-refractivity contribution is -0.149. The van der Waals surface area contributed by atoms with E-state index in [4.69, 9.17) is 5.11 Å². The lowest BCUT2D eigenvalue weighted by Crippen LogP contribution is -2.46. The quantitative estimate of drug-likeness (QED) is 0.869. The highest BCUT2D eigenvalue weighted by Gasteiger charge is 2.39. The van der Waals surface area contributed by atoms with E-state index in [-0.39, 0.29) is 23.4 Å². The van der Waals surface area contributed by atoms with Crippen molar-refractivity contribution in [2.24, 2.45) is 0 Å². The van der Waals surface area contributed by atoms with Crippen LogP contribution in [0, 0.1) is 0 Å². The summed E-state index contributed by atoms with van der Waals surface area (Å²) in [6.45, 7) is 1.63. The van der Waals surface area contributed by atoms with Gasteiger partial charge in [0.1, 0.15) is 12.6 Å². The summed E-state index contributed by atoms with van der Waals surface area (Å²) in [5, 5.41) is 8.93. The van der Waals surface area contributed by atoms with Crippen LogP contribution in [-0.4, -0.2) is 43.6 Å². The number of hydrogen-bond acceptors (Lipinski definition) is 4. The van der Waals surface area contributed by atoms with Crippen molar-refractivity contribution in [2.45, 2.75) is 24.9 Å². The summed E-state index contributed by atoms with van der Waals surface area (Å²) in [6, 6.07) is 2.12. The summed E-state index contributed by atoms with van der Waals surface area (Å²) in [7, 11) is 0. The van der Waals surface area contributed by atoms with E-state index >= 15 is 0 Å². The Hall–Kier alpha value is -1.28. The van der Waals surface area contributed by atoms with Crippen LogP contribution in [0.15, 0.2) is 27.6 Å². The molecule has 6 nitrogen and oxygen atoms in total. The monoisotopic (exact) mass is 360 g/mol. The molecule has 0 bridgehead atoms. The topological polar surface area (TPSA) is 79.6 Å². The zero-order valence-electron chi connectivity index (χ0n) is 10.7. The number of halogens is 1. The molecule has 0 spiro atoms. The number of amides is 1. The second kappa shape index (κ2) is 6.01. The van der Waals surface area contributed by atoms with Crippen LogP contribution in [0.25, 0.3) is 0 Å². The number of carbonyl (C=O) groups excluding carboxylic acids is 1. The van der Waals surface area contributed by atoms with Crippen molar-refractivity contribution in [3.8, 4) is 0 Å². The van der Waals surface area contributed by atoms with Crippen LogP contribution in [0.1, 0.15) is 6.92 Å². The Labute approximate surface area is 127 Å². The smallest absolute Gasteiger partial charge is 0.327 e. The average Bonchev–Trinajstić information content (AvgIpc) is 2.76. The molecule has 1 N–H and O–H groups in total. The van der Waals surface area contributed by atoms with Gasteiger partial charge in [-0.3, -0.25) is 9.59 Å².